The van der Waals surface area contributed by atoms with Gasteiger partial charge in [0.25, 0.3) is 5.56 Å². The van der Waals surface area contributed by atoms with E-state index in [9.17, 15) is 9.59 Å². The molecule has 9 heteroatoms. The third-order valence-electron chi connectivity index (χ3n) is 4.35. The average Bonchev–Trinajstić information content (AvgIpc) is 3.10. The first-order valence-electron chi connectivity index (χ1n) is 8.82. The quantitative estimate of drug-likeness (QED) is 0.372. The first-order valence-corrected chi connectivity index (χ1v) is 9.81. The van der Waals surface area contributed by atoms with Crippen molar-refractivity contribution in [3.8, 4) is 11.3 Å². The van der Waals surface area contributed by atoms with Crippen molar-refractivity contribution in [3.05, 3.63) is 77.0 Å². The Balaban J connectivity index is 1.67. The van der Waals surface area contributed by atoms with Crippen LogP contribution >= 0.6 is 11.8 Å². The van der Waals surface area contributed by atoms with E-state index in [2.05, 4.69) is 9.97 Å². The Morgan fingerprint density at radius 3 is 2.52 bits per heavy atom. The van der Waals surface area contributed by atoms with E-state index in [-0.39, 0.29) is 12.1 Å². The number of carbonyl (C=O) groups is 1. The highest BCUT2D eigenvalue weighted by Crippen LogP contribution is 2.25. The number of imidazole rings is 1. The zero-order chi connectivity index (χ0) is 20.4. The maximum Gasteiger partial charge on any atom is 0.261 e. The van der Waals surface area contributed by atoms with E-state index in [0.29, 0.717) is 27.6 Å². The molecule has 0 radical (unpaired) electrons. The molecule has 2 heterocycles. The number of aromatic nitrogens is 4. The summed E-state index contributed by atoms with van der Waals surface area (Å²) in [4.78, 5) is 33.4. The van der Waals surface area contributed by atoms with Crippen LogP contribution in [0.15, 0.2) is 70.7 Å². The Morgan fingerprint density at radius 2 is 1.76 bits per heavy atom. The summed E-state index contributed by atoms with van der Waals surface area (Å²) in [6.45, 7) is -0.237. The molecular weight excluding hydrogens is 388 g/mol. The molecule has 0 aliphatic carbocycles. The second kappa shape index (κ2) is 7.80. The van der Waals surface area contributed by atoms with E-state index >= 15 is 0 Å². The molecule has 0 fully saturated rings. The summed E-state index contributed by atoms with van der Waals surface area (Å²) < 4.78 is 2.74. The first-order chi connectivity index (χ1) is 14.0. The number of carbonyl (C=O) groups excluding carboxylic acids is 1. The van der Waals surface area contributed by atoms with Crippen molar-refractivity contribution in [2.75, 3.05) is 5.84 Å². The van der Waals surface area contributed by atoms with Crippen molar-refractivity contribution < 1.29 is 4.79 Å². The highest BCUT2D eigenvalue weighted by molar-refractivity contribution is 7.98. The summed E-state index contributed by atoms with van der Waals surface area (Å²) in [7, 11) is 0. The molecule has 4 aromatic rings. The van der Waals surface area contributed by atoms with Gasteiger partial charge in [0.05, 0.1) is 28.5 Å². The number of hydrogen-bond acceptors (Lipinski definition) is 6. The van der Waals surface area contributed by atoms with Gasteiger partial charge in [-0.25, -0.2) is 14.6 Å². The van der Waals surface area contributed by atoms with Crippen molar-refractivity contribution in [1.29, 1.82) is 0 Å². The smallest absolute Gasteiger partial charge is 0.261 e. The Kier molecular flexibility index (Phi) is 5.05. The van der Waals surface area contributed by atoms with Gasteiger partial charge in [0.2, 0.25) is 5.91 Å². The lowest BCUT2D eigenvalue weighted by atomic mass is 10.2. The van der Waals surface area contributed by atoms with Gasteiger partial charge in [-0.15, -0.1) is 0 Å². The zero-order valence-corrected chi connectivity index (χ0v) is 16.2. The SMILES string of the molecule is NC(=O)Cn1c(CSc2nc(-c3ccccc3)cn2N)nc2ccccc2c1=O. The molecule has 146 valence electrons. The van der Waals surface area contributed by atoms with Crippen LogP contribution in [0.25, 0.3) is 22.2 Å². The molecule has 2 aromatic carbocycles. The van der Waals surface area contributed by atoms with Crippen molar-refractivity contribution in [3.63, 3.8) is 0 Å². The molecule has 0 aliphatic heterocycles. The molecule has 4 rings (SSSR count). The van der Waals surface area contributed by atoms with E-state index in [1.54, 1.807) is 24.4 Å². The summed E-state index contributed by atoms with van der Waals surface area (Å²) >= 11 is 1.33. The van der Waals surface area contributed by atoms with Gasteiger partial charge in [-0.2, -0.15) is 0 Å². The number of benzene rings is 2. The number of fused-ring (bicyclic) bond motifs is 1. The molecule has 0 saturated carbocycles. The second-order valence-corrected chi connectivity index (χ2v) is 7.32. The Labute approximate surface area is 170 Å². The van der Waals surface area contributed by atoms with Gasteiger partial charge in [0.15, 0.2) is 5.16 Å². The fraction of sp³-hybridized carbons (Fsp3) is 0.100. The van der Waals surface area contributed by atoms with Crippen LogP contribution < -0.4 is 17.1 Å². The maximum atomic E-state index is 12.8. The molecule has 29 heavy (non-hydrogen) atoms. The molecule has 1 amide bonds. The van der Waals surface area contributed by atoms with Gasteiger partial charge < -0.3 is 11.6 Å². The lowest BCUT2D eigenvalue weighted by Gasteiger charge is -2.11. The summed E-state index contributed by atoms with van der Waals surface area (Å²) in [5.74, 6) is 6.18. The fourth-order valence-corrected chi connectivity index (χ4v) is 3.85. The minimum Gasteiger partial charge on any atom is -0.368 e. The van der Waals surface area contributed by atoms with Crippen LogP contribution in [0.5, 0.6) is 0 Å². The molecule has 0 spiro atoms. The Bertz CT molecular complexity index is 1250. The van der Waals surface area contributed by atoms with Gasteiger partial charge in [-0.05, 0) is 12.1 Å². The van der Waals surface area contributed by atoms with E-state index in [0.717, 1.165) is 11.3 Å². The molecule has 0 aliphatic rings. The molecule has 2 aromatic heterocycles. The highest BCUT2D eigenvalue weighted by atomic mass is 32.2. The molecule has 0 saturated heterocycles. The minimum absolute atomic E-state index is 0.237. The van der Waals surface area contributed by atoms with Crippen LogP contribution in [0, 0.1) is 0 Å². The van der Waals surface area contributed by atoms with Crippen LogP contribution in [0.1, 0.15) is 5.82 Å². The van der Waals surface area contributed by atoms with Crippen molar-refractivity contribution >= 4 is 28.6 Å². The monoisotopic (exact) mass is 406 g/mol. The van der Waals surface area contributed by atoms with Crippen LogP contribution in [-0.4, -0.2) is 25.1 Å². The summed E-state index contributed by atoms with van der Waals surface area (Å²) in [6.07, 6.45) is 1.74. The molecule has 8 nitrogen and oxygen atoms in total. The van der Waals surface area contributed by atoms with Crippen molar-refractivity contribution in [2.45, 2.75) is 17.5 Å². The number of amides is 1. The number of nitrogen functional groups attached to an aromatic ring is 1. The number of thioether (sulfide) groups is 1. The average molecular weight is 406 g/mol. The predicted octanol–water partition coefficient (Wildman–Crippen LogP) is 1.75. The van der Waals surface area contributed by atoms with E-state index in [1.807, 2.05) is 36.4 Å². The minimum atomic E-state index is -0.609. The van der Waals surface area contributed by atoms with Gasteiger partial charge >= 0.3 is 0 Å². The van der Waals surface area contributed by atoms with E-state index in [4.69, 9.17) is 11.6 Å². The fourth-order valence-electron chi connectivity index (χ4n) is 3.00. The van der Waals surface area contributed by atoms with Gasteiger partial charge in [0.1, 0.15) is 12.4 Å². The molecular formula is C20H18N6O2S. The maximum absolute atomic E-state index is 12.8. The summed E-state index contributed by atoms with van der Waals surface area (Å²) in [5.41, 5.74) is 7.30. The van der Waals surface area contributed by atoms with Crippen molar-refractivity contribution in [1.82, 2.24) is 19.2 Å². The number of para-hydroxylation sites is 1. The topological polar surface area (TPSA) is 122 Å². The summed E-state index contributed by atoms with van der Waals surface area (Å²) in [6, 6.07) is 16.7. The number of rotatable bonds is 6. The molecule has 0 unspecified atom stereocenters. The number of hydrogen-bond donors (Lipinski definition) is 2. The van der Waals surface area contributed by atoms with E-state index < -0.39 is 5.91 Å². The van der Waals surface area contributed by atoms with Crippen LogP contribution in [-0.2, 0) is 17.1 Å². The van der Waals surface area contributed by atoms with Crippen LogP contribution in [0.2, 0.25) is 0 Å². The molecule has 4 N–H and O–H groups in total. The number of nitrogens with zero attached hydrogens (tertiary/aromatic N) is 4. The number of primary amides is 1. The number of nitrogens with two attached hydrogens (primary N) is 2. The molecule has 0 bridgehead atoms. The van der Waals surface area contributed by atoms with Crippen LogP contribution in [0.4, 0.5) is 0 Å². The zero-order valence-electron chi connectivity index (χ0n) is 15.4. The second-order valence-electron chi connectivity index (χ2n) is 6.37. The molecule has 0 atom stereocenters. The Hall–Kier alpha value is -3.59. The largest absolute Gasteiger partial charge is 0.368 e. The third kappa shape index (κ3) is 3.85. The van der Waals surface area contributed by atoms with Crippen LogP contribution in [0.3, 0.4) is 0 Å². The van der Waals surface area contributed by atoms with E-state index in [1.165, 1.54) is 21.0 Å². The van der Waals surface area contributed by atoms with Gasteiger partial charge in [0, 0.05) is 5.56 Å². The lowest BCUT2D eigenvalue weighted by molar-refractivity contribution is -0.118. The van der Waals surface area contributed by atoms with Crippen molar-refractivity contribution in [2.24, 2.45) is 5.73 Å². The lowest BCUT2D eigenvalue weighted by Crippen LogP contribution is -2.31. The standard InChI is InChI=1S/C20H18N6O2S/c21-17(27)11-25-18(23-15-9-5-4-8-14(15)19(25)28)12-29-20-24-16(10-26(20)22)13-6-2-1-3-7-13/h1-10H,11-12,22H2,(H2,21,27). The summed E-state index contributed by atoms with van der Waals surface area (Å²) in [5, 5.41) is 1.01. The van der Waals surface area contributed by atoms with Gasteiger partial charge in [-0.3, -0.25) is 14.2 Å². The van der Waals surface area contributed by atoms with Gasteiger partial charge in [-0.1, -0.05) is 54.2 Å². The first kappa shape index (κ1) is 18.8. The predicted molar refractivity (Wildman–Crippen MR) is 113 cm³/mol. The third-order valence-corrected chi connectivity index (χ3v) is 5.32. The normalized spacial score (nSPS) is 11.0. The Morgan fingerprint density at radius 1 is 1.03 bits per heavy atom. The highest BCUT2D eigenvalue weighted by Gasteiger charge is 2.15.